The minimum atomic E-state index is -1.66. The van der Waals surface area contributed by atoms with Crippen molar-refractivity contribution in [1.82, 2.24) is 4.90 Å². The number of anilines is 1. The summed E-state index contributed by atoms with van der Waals surface area (Å²) in [5.41, 5.74) is 0.509. The van der Waals surface area contributed by atoms with Crippen LogP contribution in [-0.4, -0.2) is 29.8 Å². The SMILES string of the molecule is CCCN(CC(=O)Nc1ccc(F)c(F)c1F)C(=O)CCc1cccc(Br)c1. The number of hydrogen-bond acceptors (Lipinski definition) is 2. The molecule has 0 saturated carbocycles. The lowest BCUT2D eigenvalue weighted by Crippen LogP contribution is -2.38. The van der Waals surface area contributed by atoms with Crippen LogP contribution in [0.2, 0.25) is 0 Å². The van der Waals surface area contributed by atoms with Gasteiger partial charge in [0.05, 0.1) is 12.2 Å². The zero-order valence-electron chi connectivity index (χ0n) is 15.3. The minimum Gasteiger partial charge on any atom is -0.333 e. The van der Waals surface area contributed by atoms with Crippen LogP contribution >= 0.6 is 15.9 Å². The van der Waals surface area contributed by atoms with Crippen molar-refractivity contribution in [2.24, 2.45) is 0 Å². The molecule has 0 heterocycles. The molecular weight excluding hydrogens is 437 g/mol. The first-order valence-corrected chi connectivity index (χ1v) is 9.56. The average Bonchev–Trinajstić information content (AvgIpc) is 2.66. The first-order valence-electron chi connectivity index (χ1n) is 8.77. The van der Waals surface area contributed by atoms with Crippen molar-refractivity contribution in [1.29, 1.82) is 0 Å². The number of hydrogen-bond donors (Lipinski definition) is 1. The fourth-order valence-electron chi connectivity index (χ4n) is 2.65. The highest BCUT2D eigenvalue weighted by Crippen LogP contribution is 2.19. The van der Waals surface area contributed by atoms with E-state index in [-0.39, 0.29) is 18.9 Å². The molecule has 28 heavy (non-hydrogen) atoms. The summed E-state index contributed by atoms with van der Waals surface area (Å²) in [6.45, 7) is 1.91. The molecule has 0 aliphatic heterocycles. The first-order chi connectivity index (χ1) is 13.3. The average molecular weight is 457 g/mol. The quantitative estimate of drug-likeness (QED) is 0.586. The molecule has 0 aromatic heterocycles. The number of carbonyl (C=O) groups excluding carboxylic acids is 2. The lowest BCUT2D eigenvalue weighted by Gasteiger charge is -2.22. The van der Waals surface area contributed by atoms with Crippen molar-refractivity contribution < 1.29 is 22.8 Å². The smallest absolute Gasteiger partial charge is 0.244 e. The van der Waals surface area contributed by atoms with E-state index < -0.39 is 29.0 Å². The molecule has 0 radical (unpaired) electrons. The Morgan fingerprint density at radius 2 is 1.86 bits per heavy atom. The van der Waals surface area contributed by atoms with E-state index in [1.54, 1.807) is 0 Å². The van der Waals surface area contributed by atoms with E-state index in [0.29, 0.717) is 19.4 Å². The van der Waals surface area contributed by atoms with Crippen molar-refractivity contribution in [2.45, 2.75) is 26.2 Å². The lowest BCUT2D eigenvalue weighted by molar-refractivity contribution is -0.134. The maximum atomic E-state index is 13.7. The van der Waals surface area contributed by atoms with E-state index in [9.17, 15) is 22.8 Å². The summed E-state index contributed by atoms with van der Waals surface area (Å²) < 4.78 is 40.9. The van der Waals surface area contributed by atoms with Crippen LogP contribution in [0.4, 0.5) is 18.9 Å². The lowest BCUT2D eigenvalue weighted by atomic mass is 10.1. The number of rotatable bonds is 8. The molecule has 0 spiro atoms. The molecule has 0 saturated heterocycles. The Hall–Kier alpha value is -2.35. The Morgan fingerprint density at radius 1 is 1.11 bits per heavy atom. The van der Waals surface area contributed by atoms with E-state index >= 15 is 0 Å². The molecular formula is C20H20BrF3N2O2. The van der Waals surface area contributed by atoms with Crippen LogP contribution in [0, 0.1) is 17.5 Å². The maximum absolute atomic E-state index is 13.7. The van der Waals surface area contributed by atoms with E-state index in [2.05, 4.69) is 21.2 Å². The van der Waals surface area contributed by atoms with Gasteiger partial charge in [-0.05, 0) is 42.7 Å². The molecule has 0 atom stereocenters. The van der Waals surface area contributed by atoms with Gasteiger partial charge in [0, 0.05) is 17.4 Å². The van der Waals surface area contributed by atoms with E-state index in [1.165, 1.54) is 4.90 Å². The summed E-state index contributed by atoms with van der Waals surface area (Å²) in [6, 6.07) is 9.23. The number of benzene rings is 2. The van der Waals surface area contributed by atoms with Gasteiger partial charge < -0.3 is 10.2 Å². The van der Waals surface area contributed by atoms with Crippen LogP contribution in [0.1, 0.15) is 25.3 Å². The van der Waals surface area contributed by atoms with Gasteiger partial charge in [0.25, 0.3) is 0 Å². The molecule has 150 valence electrons. The zero-order valence-corrected chi connectivity index (χ0v) is 16.9. The van der Waals surface area contributed by atoms with Gasteiger partial charge in [-0.2, -0.15) is 0 Å². The fraction of sp³-hybridized carbons (Fsp3) is 0.300. The Morgan fingerprint density at radius 3 is 2.54 bits per heavy atom. The molecule has 2 aromatic rings. The predicted octanol–water partition coefficient (Wildman–Crippen LogP) is 4.68. The summed E-state index contributed by atoms with van der Waals surface area (Å²) in [5, 5.41) is 2.18. The molecule has 1 N–H and O–H groups in total. The van der Waals surface area contributed by atoms with E-state index in [0.717, 1.165) is 22.2 Å². The number of amides is 2. The van der Waals surface area contributed by atoms with Crippen molar-refractivity contribution >= 4 is 33.4 Å². The van der Waals surface area contributed by atoms with Crippen LogP contribution < -0.4 is 5.32 Å². The molecule has 2 amide bonds. The van der Waals surface area contributed by atoms with Gasteiger partial charge >= 0.3 is 0 Å². The summed E-state index contributed by atoms with van der Waals surface area (Å²) in [4.78, 5) is 26.0. The number of carbonyl (C=O) groups is 2. The molecule has 2 aromatic carbocycles. The molecule has 4 nitrogen and oxygen atoms in total. The Bertz CT molecular complexity index is 861. The minimum absolute atomic E-state index is 0.212. The Kier molecular flexibility index (Phi) is 8.04. The standard InChI is InChI=1S/C20H20BrF3N2O2/c1-2-10-26(18(28)9-6-13-4-3-5-14(21)11-13)12-17(27)25-16-8-7-15(22)19(23)20(16)24/h3-5,7-8,11H,2,6,9-10,12H2,1H3,(H,25,27). The fourth-order valence-corrected chi connectivity index (χ4v) is 3.10. The second-order valence-electron chi connectivity index (χ2n) is 6.22. The predicted molar refractivity (Wildman–Crippen MR) is 104 cm³/mol. The van der Waals surface area contributed by atoms with Crippen molar-refractivity contribution in [3.8, 4) is 0 Å². The largest absolute Gasteiger partial charge is 0.333 e. The molecule has 8 heteroatoms. The summed E-state index contributed by atoms with van der Waals surface area (Å²) in [5.74, 6) is -5.38. The highest BCUT2D eigenvalue weighted by Gasteiger charge is 2.19. The summed E-state index contributed by atoms with van der Waals surface area (Å²) in [7, 11) is 0. The number of nitrogens with one attached hydrogen (secondary N) is 1. The highest BCUT2D eigenvalue weighted by molar-refractivity contribution is 9.10. The number of nitrogens with zero attached hydrogens (tertiary/aromatic N) is 1. The van der Waals surface area contributed by atoms with Gasteiger partial charge in [0.15, 0.2) is 17.5 Å². The van der Waals surface area contributed by atoms with Gasteiger partial charge in [-0.1, -0.05) is 35.0 Å². The van der Waals surface area contributed by atoms with Crippen LogP contribution in [0.25, 0.3) is 0 Å². The van der Waals surface area contributed by atoms with Gasteiger partial charge in [-0.25, -0.2) is 13.2 Å². The third-order valence-corrected chi connectivity index (χ3v) is 4.50. The van der Waals surface area contributed by atoms with Crippen LogP contribution in [-0.2, 0) is 16.0 Å². The first kappa shape index (κ1) is 21.9. The number of aryl methyl sites for hydroxylation is 1. The summed E-state index contributed by atoms with van der Waals surface area (Å²) >= 11 is 3.37. The molecule has 0 bridgehead atoms. The zero-order chi connectivity index (χ0) is 20.7. The molecule has 0 fully saturated rings. The van der Waals surface area contributed by atoms with Crippen LogP contribution in [0.5, 0.6) is 0 Å². The van der Waals surface area contributed by atoms with Crippen LogP contribution in [0.15, 0.2) is 40.9 Å². The van der Waals surface area contributed by atoms with Gasteiger partial charge in [-0.15, -0.1) is 0 Å². The Labute approximate surface area is 169 Å². The van der Waals surface area contributed by atoms with Gasteiger partial charge in [0.2, 0.25) is 11.8 Å². The van der Waals surface area contributed by atoms with E-state index in [4.69, 9.17) is 0 Å². The third-order valence-electron chi connectivity index (χ3n) is 4.01. The van der Waals surface area contributed by atoms with Crippen molar-refractivity contribution in [2.75, 3.05) is 18.4 Å². The molecule has 0 unspecified atom stereocenters. The van der Waals surface area contributed by atoms with E-state index in [1.807, 2.05) is 31.2 Å². The number of halogens is 4. The van der Waals surface area contributed by atoms with Crippen molar-refractivity contribution in [3.05, 3.63) is 63.9 Å². The summed E-state index contributed by atoms with van der Waals surface area (Å²) in [6.07, 6.45) is 1.36. The normalized spacial score (nSPS) is 10.6. The van der Waals surface area contributed by atoms with Crippen LogP contribution in [0.3, 0.4) is 0 Å². The maximum Gasteiger partial charge on any atom is 0.244 e. The van der Waals surface area contributed by atoms with Crippen molar-refractivity contribution in [3.63, 3.8) is 0 Å². The molecule has 0 aliphatic rings. The molecule has 0 aliphatic carbocycles. The highest BCUT2D eigenvalue weighted by atomic mass is 79.9. The third kappa shape index (κ3) is 6.09. The second kappa shape index (κ2) is 10.3. The van der Waals surface area contributed by atoms with Gasteiger partial charge in [-0.3, -0.25) is 9.59 Å². The second-order valence-corrected chi connectivity index (χ2v) is 7.13. The Balaban J connectivity index is 1.98. The van der Waals surface area contributed by atoms with Gasteiger partial charge in [0.1, 0.15) is 0 Å². The topological polar surface area (TPSA) is 49.4 Å². The monoisotopic (exact) mass is 456 g/mol. The molecule has 2 rings (SSSR count).